The average molecular weight is 210 g/mol. The number of thiazole rings is 1. The Morgan fingerprint density at radius 3 is 3.14 bits per heavy atom. The Bertz CT molecular complexity index is 354. The predicted octanol–water partition coefficient (Wildman–Crippen LogP) is 1.67. The molecule has 1 heterocycles. The number of aromatic carboxylic acids is 1. The molecule has 0 radical (unpaired) electrons. The molecule has 0 aromatic carbocycles. The number of terminal acetylenes is 1. The van der Waals surface area contributed by atoms with E-state index in [4.69, 9.17) is 11.5 Å². The van der Waals surface area contributed by atoms with Crippen molar-refractivity contribution in [2.45, 2.75) is 12.8 Å². The van der Waals surface area contributed by atoms with Crippen LogP contribution in [0.3, 0.4) is 0 Å². The number of hydrogen-bond acceptors (Lipinski definition) is 4. The third kappa shape index (κ3) is 3.07. The van der Waals surface area contributed by atoms with Gasteiger partial charge in [-0.3, -0.25) is 0 Å². The second kappa shape index (κ2) is 5.25. The number of carboxylic acid groups (broad SMARTS) is 1. The highest BCUT2D eigenvalue weighted by Crippen LogP contribution is 2.14. The summed E-state index contributed by atoms with van der Waals surface area (Å²) in [7, 11) is 0. The summed E-state index contributed by atoms with van der Waals surface area (Å²) in [4.78, 5) is 14.3. The van der Waals surface area contributed by atoms with Crippen molar-refractivity contribution in [3.63, 3.8) is 0 Å². The third-order valence-corrected chi connectivity index (χ3v) is 2.30. The van der Waals surface area contributed by atoms with Crippen molar-refractivity contribution in [2.75, 3.05) is 11.9 Å². The molecule has 2 N–H and O–H groups in total. The molecule has 74 valence electrons. The average Bonchev–Trinajstić information content (AvgIpc) is 2.61. The van der Waals surface area contributed by atoms with Gasteiger partial charge in [-0.05, 0) is 6.42 Å². The van der Waals surface area contributed by atoms with Crippen LogP contribution in [0.15, 0.2) is 5.38 Å². The molecule has 0 amide bonds. The first-order chi connectivity index (χ1) is 6.74. The number of rotatable bonds is 5. The van der Waals surface area contributed by atoms with E-state index < -0.39 is 5.97 Å². The first-order valence-electron chi connectivity index (χ1n) is 4.10. The Morgan fingerprint density at radius 1 is 1.79 bits per heavy atom. The highest BCUT2D eigenvalue weighted by Gasteiger charge is 2.07. The fraction of sp³-hybridized carbons (Fsp3) is 0.333. The van der Waals surface area contributed by atoms with E-state index in [1.165, 1.54) is 16.7 Å². The van der Waals surface area contributed by atoms with Crippen LogP contribution in [-0.4, -0.2) is 22.6 Å². The molecule has 1 aromatic heterocycles. The van der Waals surface area contributed by atoms with Crippen LogP contribution in [0.2, 0.25) is 0 Å². The predicted molar refractivity (Wildman–Crippen MR) is 55.6 cm³/mol. The Hall–Kier alpha value is -1.54. The number of unbranched alkanes of at least 4 members (excludes halogenated alkanes) is 1. The highest BCUT2D eigenvalue weighted by atomic mass is 32.1. The molecule has 0 fully saturated rings. The summed E-state index contributed by atoms with van der Waals surface area (Å²) in [6.07, 6.45) is 6.66. The van der Waals surface area contributed by atoms with Crippen LogP contribution in [0, 0.1) is 12.3 Å². The molecule has 1 aromatic rings. The molecule has 0 aliphatic heterocycles. The van der Waals surface area contributed by atoms with Gasteiger partial charge in [0.15, 0.2) is 10.8 Å². The minimum Gasteiger partial charge on any atom is -0.476 e. The van der Waals surface area contributed by atoms with Crippen LogP contribution in [0.4, 0.5) is 5.13 Å². The third-order valence-electron chi connectivity index (χ3n) is 1.50. The van der Waals surface area contributed by atoms with Gasteiger partial charge in [0.1, 0.15) is 0 Å². The van der Waals surface area contributed by atoms with Crippen LogP contribution in [0.1, 0.15) is 23.3 Å². The number of aromatic nitrogens is 1. The molecule has 0 aliphatic rings. The second-order valence-electron chi connectivity index (χ2n) is 2.58. The van der Waals surface area contributed by atoms with Crippen molar-refractivity contribution in [3.05, 3.63) is 11.1 Å². The topological polar surface area (TPSA) is 62.2 Å². The molecule has 0 saturated heterocycles. The molecule has 0 saturated carbocycles. The van der Waals surface area contributed by atoms with Gasteiger partial charge >= 0.3 is 5.97 Å². The number of nitrogens with one attached hydrogen (secondary N) is 1. The Morgan fingerprint density at radius 2 is 2.57 bits per heavy atom. The molecule has 0 spiro atoms. The minimum atomic E-state index is -1.00. The molecule has 0 bridgehead atoms. The van der Waals surface area contributed by atoms with Gasteiger partial charge in [0.2, 0.25) is 0 Å². The fourth-order valence-corrected chi connectivity index (χ4v) is 1.55. The van der Waals surface area contributed by atoms with Crippen LogP contribution < -0.4 is 5.32 Å². The van der Waals surface area contributed by atoms with Gasteiger partial charge in [0.05, 0.1) is 0 Å². The number of nitrogens with zero attached hydrogens (tertiary/aromatic N) is 1. The first-order valence-corrected chi connectivity index (χ1v) is 4.98. The zero-order valence-corrected chi connectivity index (χ0v) is 8.30. The van der Waals surface area contributed by atoms with E-state index in [0.29, 0.717) is 11.6 Å². The van der Waals surface area contributed by atoms with E-state index in [9.17, 15) is 4.79 Å². The summed E-state index contributed by atoms with van der Waals surface area (Å²) in [6, 6.07) is 0. The van der Waals surface area contributed by atoms with Gasteiger partial charge in [-0.1, -0.05) is 0 Å². The Balaban J connectivity index is 2.37. The standard InChI is InChI=1S/C9H10N2O2S/c1-2-3-4-5-10-9-11-7(6-14-9)8(12)13/h1,6H,3-5H2,(H,10,11)(H,12,13). The lowest BCUT2D eigenvalue weighted by molar-refractivity contribution is 0.0691. The Kier molecular flexibility index (Phi) is 3.95. The molecule has 14 heavy (non-hydrogen) atoms. The quantitative estimate of drug-likeness (QED) is 0.573. The first kappa shape index (κ1) is 10.5. The molecule has 0 aliphatic carbocycles. The van der Waals surface area contributed by atoms with E-state index >= 15 is 0 Å². The van der Waals surface area contributed by atoms with Crippen molar-refractivity contribution in [3.8, 4) is 12.3 Å². The van der Waals surface area contributed by atoms with Crippen molar-refractivity contribution in [2.24, 2.45) is 0 Å². The van der Waals surface area contributed by atoms with E-state index in [-0.39, 0.29) is 5.69 Å². The van der Waals surface area contributed by atoms with E-state index in [0.717, 1.165) is 13.0 Å². The van der Waals surface area contributed by atoms with E-state index in [2.05, 4.69) is 16.2 Å². The fourth-order valence-electron chi connectivity index (χ4n) is 0.839. The summed E-state index contributed by atoms with van der Waals surface area (Å²) >= 11 is 1.28. The lowest BCUT2D eigenvalue weighted by Gasteiger charge is -1.98. The number of carbonyl (C=O) groups is 1. The van der Waals surface area contributed by atoms with Gasteiger partial charge in [-0.2, -0.15) is 0 Å². The van der Waals surface area contributed by atoms with Crippen molar-refractivity contribution in [1.82, 2.24) is 4.98 Å². The maximum atomic E-state index is 10.5. The largest absolute Gasteiger partial charge is 0.476 e. The molecule has 4 nitrogen and oxygen atoms in total. The summed E-state index contributed by atoms with van der Waals surface area (Å²) in [5.41, 5.74) is 0.0782. The molecular formula is C9H10N2O2S. The van der Waals surface area contributed by atoms with Crippen LogP contribution in [-0.2, 0) is 0 Å². The summed E-state index contributed by atoms with van der Waals surface area (Å²) in [5.74, 6) is 1.52. The normalized spacial score (nSPS) is 9.36. The minimum absolute atomic E-state index is 0.0782. The SMILES string of the molecule is C#CCCCNc1nc(C(=O)O)cs1. The lowest BCUT2D eigenvalue weighted by atomic mass is 10.3. The monoisotopic (exact) mass is 210 g/mol. The van der Waals surface area contributed by atoms with E-state index in [1.54, 1.807) is 0 Å². The zero-order chi connectivity index (χ0) is 10.4. The van der Waals surface area contributed by atoms with Gasteiger partial charge in [-0.15, -0.1) is 23.7 Å². The van der Waals surface area contributed by atoms with Gasteiger partial charge in [0.25, 0.3) is 0 Å². The number of carboxylic acids is 1. The maximum absolute atomic E-state index is 10.5. The smallest absolute Gasteiger partial charge is 0.355 e. The van der Waals surface area contributed by atoms with Crippen molar-refractivity contribution >= 4 is 22.4 Å². The van der Waals surface area contributed by atoms with Gasteiger partial charge in [-0.25, -0.2) is 9.78 Å². The van der Waals surface area contributed by atoms with Gasteiger partial charge in [0, 0.05) is 18.3 Å². The van der Waals surface area contributed by atoms with Crippen molar-refractivity contribution in [1.29, 1.82) is 0 Å². The van der Waals surface area contributed by atoms with E-state index in [1.807, 2.05) is 0 Å². The summed E-state index contributed by atoms with van der Waals surface area (Å²) in [5, 5.41) is 13.7. The van der Waals surface area contributed by atoms with Crippen LogP contribution in [0.25, 0.3) is 0 Å². The molecule has 0 atom stereocenters. The summed E-state index contributed by atoms with van der Waals surface area (Å²) < 4.78 is 0. The molecule has 0 unspecified atom stereocenters. The zero-order valence-electron chi connectivity index (χ0n) is 7.49. The Labute approximate surface area is 86.0 Å². The number of anilines is 1. The van der Waals surface area contributed by atoms with Crippen molar-refractivity contribution < 1.29 is 9.90 Å². The highest BCUT2D eigenvalue weighted by molar-refractivity contribution is 7.13. The summed E-state index contributed by atoms with van der Waals surface area (Å²) in [6.45, 7) is 0.719. The molecule has 5 heteroatoms. The van der Waals surface area contributed by atoms with Crippen LogP contribution in [0.5, 0.6) is 0 Å². The number of hydrogen-bond donors (Lipinski definition) is 2. The van der Waals surface area contributed by atoms with Gasteiger partial charge < -0.3 is 10.4 Å². The van der Waals surface area contributed by atoms with Crippen LogP contribution >= 0.6 is 11.3 Å². The molecular weight excluding hydrogens is 200 g/mol. The lowest BCUT2D eigenvalue weighted by Crippen LogP contribution is -2.02. The molecule has 1 rings (SSSR count). The second-order valence-corrected chi connectivity index (χ2v) is 3.44. The maximum Gasteiger partial charge on any atom is 0.355 e.